The van der Waals surface area contributed by atoms with Crippen LogP contribution in [0.4, 0.5) is 4.39 Å². The summed E-state index contributed by atoms with van der Waals surface area (Å²) in [6.45, 7) is 7.43. The molecule has 3 N–H and O–H groups in total. The summed E-state index contributed by atoms with van der Waals surface area (Å²) in [5.74, 6) is 0.813. The molecule has 2 heterocycles. The monoisotopic (exact) mass is 453 g/mol. The SMILES string of the molecule is CC(C)(C)NCCOc1nccc(-c2[nH]c(C3CCC(O)CC3)nc2-c2ccc(F)cc2)n1. The van der Waals surface area contributed by atoms with E-state index in [0.717, 1.165) is 48.5 Å². The number of nitrogens with one attached hydrogen (secondary N) is 2. The van der Waals surface area contributed by atoms with Crippen molar-refractivity contribution in [3.8, 4) is 28.7 Å². The number of benzene rings is 1. The predicted molar refractivity (Wildman–Crippen MR) is 125 cm³/mol. The van der Waals surface area contributed by atoms with Gasteiger partial charge in [0.05, 0.1) is 23.2 Å². The van der Waals surface area contributed by atoms with Crippen molar-refractivity contribution >= 4 is 0 Å². The molecular formula is C25H32FN5O2. The van der Waals surface area contributed by atoms with Crippen molar-refractivity contribution in [3.05, 3.63) is 48.2 Å². The van der Waals surface area contributed by atoms with Crippen molar-refractivity contribution in [2.45, 2.75) is 64.0 Å². The van der Waals surface area contributed by atoms with Gasteiger partial charge in [0.2, 0.25) is 0 Å². The van der Waals surface area contributed by atoms with Gasteiger partial charge in [0.1, 0.15) is 18.2 Å². The first-order valence-corrected chi connectivity index (χ1v) is 11.5. The van der Waals surface area contributed by atoms with Gasteiger partial charge in [-0.15, -0.1) is 0 Å². The van der Waals surface area contributed by atoms with Crippen molar-refractivity contribution in [1.82, 2.24) is 25.3 Å². The van der Waals surface area contributed by atoms with Gasteiger partial charge in [-0.3, -0.25) is 0 Å². The lowest BCUT2D eigenvalue weighted by molar-refractivity contribution is 0.121. The quantitative estimate of drug-likeness (QED) is 0.457. The lowest BCUT2D eigenvalue weighted by Gasteiger charge is -2.23. The van der Waals surface area contributed by atoms with Gasteiger partial charge in [0.15, 0.2) is 0 Å². The number of aliphatic hydroxyl groups excluding tert-OH is 1. The highest BCUT2D eigenvalue weighted by molar-refractivity contribution is 5.76. The highest BCUT2D eigenvalue weighted by Crippen LogP contribution is 2.36. The molecule has 2 aromatic heterocycles. The van der Waals surface area contributed by atoms with Gasteiger partial charge in [-0.05, 0) is 76.8 Å². The molecule has 0 aliphatic heterocycles. The number of nitrogens with zero attached hydrogens (tertiary/aromatic N) is 3. The number of H-pyrrole nitrogens is 1. The van der Waals surface area contributed by atoms with E-state index < -0.39 is 0 Å². The van der Waals surface area contributed by atoms with Gasteiger partial charge >= 0.3 is 6.01 Å². The Bertz CT molecular complexity index is 1050. The lowest BCUT2D eigenvalue weighted by Crippen LogP contribution is -2.38. The fourth-order valence-electron chi connectivity index (χ4n) is 4.05. The molecular weight excluding hydrogens is 421 g/mol. The van der Waals surface area contributed by atoms with Crippen molar-refractivity contribution in [2.24, 2.45) is 0 Å². The molecule has 4 rings (SSSR count). The molecule has 33 heavy (non-hydrogen) atoms. The largest absolute Gasteiger partial charge is 0.462 e. The van der Waals surface area contributed by atoms with Crippen molar-refractivity contribution in [2.75, 3.05) is 13.2 Å². The van der Waals surface area contributed by atoms with Gasteiger partial charge in [-0.1, -0.05) is 0 Å². The maximum Gasteiger partial charge on any atom is 0.316 e. The van der Waals surface area contributed by atoms with Crippen molar-refractivity contribution < 1.29 is 14.2 Å². The second-order valence-corrected chi connectivity index (χ2v) is 9.61. The number of rotatable bonds is 7. The van der Waals surface area contributed by atoms with Crippen LogP contribution in [0.5, 0.6) is 6.01 Å². The number of hydrogen-bond donors (Lipinski definition) is 3. The van der Waals surface area contributed by atoms with Gasteiger partial charge < -0.3 is 20.1 Å². The van der Waals surface area contributed by atoms with Crippen LogP contribution in [0.3, 0.4) is 0 Å². The van der Waals surface area contributed by atoms with Crippen LogP contribution in [0.1, 0.15) is 58.2 Å². The van der Waals surface area contributed by atoms with Crippen LogP contribution in [-0.2, 0) is 0 Å². The molecule has 0 saturated heterocycles. The fourth-order valence-corrected chi connectivity index (χ4v) is 4.05. The van der Waals surface area contributed by atoms with E-state index in [2.05, 4.69) is 41.0 Å². The van der Waals surface area contributed by atoms with Crippen LogP contribution < -0.4 is 10.1 Å². The molecule has 1 aromatic carbocycles. The van der Waals surface area contributed by atoms with Gasteiger partial charge in [0, 0.05) is 29.8 Å². The number of aromatic amines is 1. The molecule has 1 fully saturated rings. The highest BCUT2D eigenvalue weighted by Gasteiger charge is 2.26. The average molecular weight is 454 g/mol. The maximum atomic E-state index is 13.5. The Labute approximate surface area is 193 Å². The summed E-state index contributed by atoms with van der Waals surface area (Å²) in [4.78, 5) is 17.2. The molecule has 176 valence electrons. The van der Waals surface area contributed by atoms with Crippen LogP contribution in [0, 0.1) is 5.82 Å². The van der Waals surface area contributed by atoms with E-state index in [1.165, 1.54) is 12.1 Å². The van der Waals surface area contributed by atoms with E-state index in [9.17, 15) is 9.50 Å². The van der Waals surface area contributed by atoms with Gasteiger partial charge in [-0.2, -0.15) is 4.98 Å². The number of aliphatic hydroxyl groups is 1. The fraction of sp³-hybridized carbons (Fsp3) is 0.480. The zero-order chi connectivity index (χ0) is 23.4. The molecule has 1 saturated carbocycles. The van der Waals surface area contributed by atoms with Crippen LogP contribution in [0.2, 0.25) is 0 Å². The zero-order valence-corrected chi connectivity index (χ0v) is 19.4. The minimum atomic E-state index is -0.293. The summed E-state index contributed by atoms with van der Waals surface area (Å²) in [6.07, 6.45) is 4.70. The minimum absolute atomic E-state index is 0.0115. The van der Waals surface area contributed by atoms with E-state index in [1.807, 2.05) is 6.07 Å². The summed E-state index contributed by atoms with van der Waals surface area (Å²) in [7, 11) is 0. The number of imidazole rings is 1. The Kier molecular flexibility index (Phi) is 7.05. The molecule has 1 aliphatic rings. The van der Waals surface area contributed by atoms with Crippen LogP contribution in [0.15, 0.2) is 36.5 Å². The van der Waals surface area contributed by atoms with Crippen LogP contribution in [-0.4, -0.2) is 49.8 Å². The lowest BCUT2D eigenvalue weighted by atomic mass is 9.87. The molecule has 0 spiro atoms. The Hall–Kier alpha value is -2.84. The topological polar surface area (TPSA) is 96.0 Å². The summed E-state index contributed by atoms with van der Waals surface area (Å²) >= 11 is 0. The highest BCUT2D eigenvalue weighted by atomic mass is 19.1. The zero-order valence-electron chi connectivity index (χ0n) is 19.4. The molecule has 8 heteroatoms. The van der Waals surface area contributed by atoms with E-state index in [-0.39, 0.29) is 23.4 Å². The van der Waals surface area contributed by atoms with E-state index >= 15 is 0 Å². The predicted octanol–water partition coefficient (Wildman–Crippen LogP) is 4.46. The Balaban J connectivity index is 1.61. The van der Waals surface area contributed by atoms with Crippen LogP contribution in [0.25, 0.3) is 22.6 Å². The third kappa shape index (κ3) is 6.15. The third-order valence-corrected chi connectivity index (χ3v) is 5.80. The van der Waals surface area contributed by atoms with Crippen molar-refractivity contribution in [1.29, 1.82) is 0 Å². The molecule has 0 radical (unpaired) electrons. The van der Waals surface area contributed by atoms with Gasteiger partial charge in [0.25, 0.3) is 0 Å². The van der Waals surface area contributed by atoms with E-state index in [4.69, 9.17) is 9.72 Å². The first kappa shape index (κ1) is 23.3. The molecule has 0 unspecified atom stereocenters. The summed E-state index contributed by atoms with van der Waals surface area (Å²) in [6, 6.07) is 8.42. The number of hydrogen-bond acceptors (Lipinski definition) is 6. The summed E-state index contributed by atoms with van der Waals surface area (Å²) < 4.78 is 19.3. The maximum absolute atomic E-state index is 13.5. The Morgan fingerprint density at radius 2 is 1.82 bits per heavy atom. The third-order valence-electron chi connectivity index (χ3n) is 5.80. The second-order valence-electron chi connectivity index (χ2n) is 9.61. The normalized spacial score (nSPS) is 18.9. The molecule has 0 bridgehead atoms. The van der Waals surface area contributed by atoms with Gasteiger partial charge in [-0.25, -0.2) is 14.4 Å². The Morgan fingerprint density at radius 3 is 2.52 bits per heavy atom. The molecule has 1 aliphatic carbocycles. The second kappa shape index (κ2) is 9.97. The number of aromatic nitrogens is 4. The standard InChI is InChI=1S/C25H32FN5O2/c1-25(2,3)28-14-15-33-24-27-13-12-20(29-24)22-21(16-4-8-18(26)9-5-16)30-23(31-22)17-6-10-19(32)11-7-17/h4-5,8-9,12-13,17,19,28,32H,6-7,10-11,14-15H2,1-3H3,(H,30,31). The van der Waals surface area contributed by atoms with Crippen molar-refractivity contribution in [3.63, 3.8) is 0 Å². The Morgan fingerprint density at radius 1 is 1.09 bits per heavy atom. The van der Waals surface area contributed by atoms with Crippen LogP contribution >= 0.6 is 0 Å². The van der Waals surface area contributed by atoms with E-state index in [1.54, 1.807) is 18.3 Å². The minimum Gasteiger partial charge on any atom is -0.462 e. The smallest absolute Gasteiger partial charge is 0.316 e. The molecule has 0 atom stereocenters. The molecule has 3 aromatic rings. The summed E-state index contributed by atoms with van der Waals surface area (Å²) in [5.41, 5.74) is 2.95. The summed E-state index contributed by atoms with van der Waals surface area (Å²) in [5, 5.41) is 13.2. The molecule has 7 nitrogen and oxygen atoms in total. The first-order valence-electron chi connectivity index (χ1n) is 11.5. The number of ether oxygens (including phenoxy) is 1. The average Bonchev–Trinajstić information content (AvgIpc) is 3.23. The van der Waals surface area contributed by atoms with E-state index in [0.29, 0.717) is 24.9 Å². The molecule has 0 amide bonds. The first-order chi connectivity index (χ1) is 15.8. The number of halogens is 1.